The molecule has 3 nitrogen and oxygen atoms in total. The lowest BCUT2D eigenvalue weighted by atomic mass is 10.2. The van der Waals surface area contributed by atoms with Crippen molar-refractivity contribution in [2.45, 2.75) is 25.4 Å². The van der Waals surface area contributed by atoms with E-state index in [1.54, 1.807) is 0 Å². The highest BCUT2D eigenvalue weighted by Crippen LogP contribution is 2.05. The van der Waals surface area contributed by atoms with Crippen molar-refractivity contribution in [2.24, 2.45) is 0 Å². The molecule has 1 atom stereocenters. The summed E-state index contributed by atoms with van der Waals surface area (Å²) in [5, 5.41) is 12.7. The molecule has 1 aliphatic heterocycles. The molecule has 1 heterocycles. The van der Waals surface area contributed by atoms with Crippen molar-refractivity contribution in [1.82, 2.24) is 5.32 Å². The van der Waals surface area contributed by atoms with Gasteiger partial charge in [0.1, 0.15) is 0 Å². The molecule has 1 radical (unpaired) electrons. The summed E-state index contributed by atoms with van der Waals surface area (Å²) in [5.74, 6) is -0.153. The first-order chi connectivity index (χ1) is 4.29. The SMILES string of the molecule is O=C1CC(O)CCC[N]1. The second kappa shape index (κ2) is 2.82. The van der Waals surface area contributed by atoms with Gasteiger partial charge in [-0.1, -0.05) is 0 Å². The quantitative estimate of drug-likeness (QED) is 0.485. The van der Waals surface area contributed by atoms with Crippen LogP contribution in [-0.4, -0.2) is 23.7 Å². The topological polar surface area (TPSA) is 51.4 Å². The number of carbonyl (C=O) groups is 1. The van der Waals surface area contributed by atoms with E-state index in [9.17, 15) is 4.79 Å². The van der Waals surface area contributed by atoms with Gasteiger partial charge >= 0.3 is 0 Å². The zero-order valence-corrected chi connectivity index (χ0v) is 5.21. The van der Waals surface area contributed by atoms with Crippen LogP contribution >= 0.6 is 0 Å². The zero-order chi connectivity index (χ0) is 6.69. The Morgan fingerprint density at radius 1 is 1.67 bits per heavy atom. The summed E-state index contributed by atoms with van der Waals surface area (Å²) in [6, 6.07) is 0. The number of rotatable bonds is 0. The lowest BCUT2D eigenvalue weighted by molar-refractivity contribution is -0.122. The van der Waals surface area contributed by atoms with Crippen LogP contribution in [0.2, 0.25) is 0 Å². The molecule has 1 fully saturated rings. The average Bonchev–Trinajstić information content (AvgIpc) is 1.93. The maximum Gasteiger partial charge on any atom is 0.243 e. The van der Waals surface area contributed by atoms with Gasteiger partial charge in [-0.15, -0.1) is 0 Å². The molecule has 1 N–H and O–H groups in total. The van der Waals surface area contributed by atoms with E-state index in [0.29, 0.717) is 6.54 Å². The molecule has 0 aromatic heterocycles. The van der Waals surface area contributed by atoms with E-state index in [-0.39, 0.29) is 12.3 Å². The van der Waals surface area contributed by atoms with E-state index < -0.39 is 6.10 Å². The van der Waals surface area contributed by atoms with Crippen LogP contribution in [0.3, 0.4) is 0 Å². The van der Waals surface area contributed by atoms with Gasteiger partial charge in [-0.3, -0.25) is 10.1 Å². The highest BCUT2D eigenvalue weighted by Gasteiger charge is 2.14. The van der Waals surface area contributed by atoms with Crippen molar-refractivity contribution in [2.75, 3.05) is 6.54 Å². The van der Waals surface area contributed by atoms with Crippen molar-refractivity contribution < 1.29 is 9.90 Å². The van der Waals surface area contributed by atoms with Crippen LogP contribution in [0.5, 0.6) is 0 Å². The Morgan fingerprint density at radius 2 is 2.44 bits per heavy atom. The van der Waals surface area contributed by atoms with Crippen molar-refractivity contribution >= 4 is 5.91 Å². The van der Waals surface area contributed by atoms with Gasteiger partial charge in [0, 0.05) is 6.54 Å². The number of nitrogens with zero attached hydrogens (tertiary/aromatic N) is 1. The van der Waals surface area contributed by atoms with Gasteiger partial charge in [-0.25, -0.2) is 0 Å². The predicted octanol–water partition coefficient (Wildman–Crippen LogP) is -0.338. The standard InChI is InChI=1S/C6H10NO2/c8-5-2-1-3-7-6(9)4-5/h5,8H,1-4H2. The van der Waals surface area contributed by atoms with Crippen LogP contribution in [0.1, 0.15) is 19.3 Å². The summed E-state index contributed by atoms with van der Waals surface area (Å²) in [6.45, 7) is 0.593. The lowest BCUT2D eigenvalue weighted by Crippen LogP contribution is -2.16. The van der Waals surface area contributed by atoms with Crippen LogP contribution in [-0.2, 0) is 4.79 Å². The molecular weight excluding hydrogens is 118 g/mol. The molecule has 0 aliphatic carbocycles. The highest BCUT2D eigenvalue weighted by atomic mass is 16.3. The summed E-state index contributed by atoms with van der Waals surface area (Å²) in [4.78, 5) is 10.6. The predicted molar refractivity (Wildman–Crippen MR) is 31.9 cm³/mol. The number of aliphatic hydroxyl groups excluding tert-OH is 1. The summed E-state index contributed by atoms with van der Waals surface area (Å²) >= 11 is 0. The third-order valence-electron chi connectivity index (χ3n) is 1.39. The number of amides is 1. The lowest BCUT2D eigenvalue weighted by Gasteiger charge is -2.00. The fourth-order valence-corrected chi connectivity index (χ4v) is 0.899. The maximum absolute atomic E-state index is 10.6. The van der Waals surface area contributed by atoms with Gasteiger partial charge < -0.3 is 5.11 Å². The van der Waals surface area contributed by atoms with Crippen molar-refractivity contribution in [3.8, 4) is 0 Å². The molecule has 9 heavy (non-hydrogen) atoms. The Balaban J connectivity index is 2.37. The molecular formula is C6H10NO2. The number of hydrogen-bond donors (Lipinski definition) is 1. The van der Waals surface area contributed by atoms with Gasteiger partial charge in [0.15, 0.2) is 0 Å². The van der Waals surface area contributed by atoms with E-state index in [1.807, 2.05) is 0 Å². The third-order valence-corrected chi connectivity index (χ3v) is 1.39. The molecule has 0 saturated carbocycles. The van der Waals surface area contributed by atoms with E-state index in [1.165, 1.54) is 0 Å². The van der Waals surface area contributed by atoms with Gasteiger partial charge in [0.25, 0.3) is 0 Å². The second-order valence-corrected chi connectivity index (χ2v) is 2.28. The Labute approximate surface area is 54.1 Å². The van der Waals surface area contributed by atoms with Crippen LogP contribution in [0.15, 0.2) is 0 Å². The Kier molecular flexibility index (Phi) is 2.05. The Morgan fingerprint density at radius 3 is 3.22 bits per heavy atom. The monoisotopic (exact) mass is 128 g/mol. The molecule has 51 valence electrons. The van der Waals surface area contributed by atoms with E-state index in [2.05, 4.69) is 5.32 Å². The minimum absolute atomic E-state index is 0.153. The molecule has 0 aromatic rings. The Hall–Kier alpha value is -0.570. The molecule has 3 heteroatoms. The summed E-state index contributed by atoms with van der Waals surface area (Å²) in [7, 11) is 0. The third kappa shape index (κ3) is 2.01. The second-order valence-electron chi connectivity index (χ2n) is 2.28. The summed E-state index contributed by atoms with van der Waals surface area (Å²) in [6.07, 6.45) is 1.34. The summed E-state index contributed by atoms with van der Waals surface area (Å²) in [5.41, 5.74) is 0. The van der Waals surface area contributed by atoms with Gasteiger partial charge in [-0.2, -0.15) is 0 Å². The van der Waals surface area contributed by atoms with E-state index in [0.717, 1.165) is 12.8 Å². The molecule has 1 unspecified atom stereocenters. The molecule has 1 amide bonds. The smallest absolute Gasteiger partial charge is 0.243 e. The first-order valence-electron chi connectivity index (χ1n) is 3.17. The zero-order valence-electron chi connectivity index (χ0n) is 5.21. The van der Waals surface area contributed by atoms with Gasteiger partial charge in [0.2, 0.25) is 5.91 Å². The fourth-order valence-electron chi connectivity index (χ4n) is 0.899. The van der Waals surface area contributed by atoms with Crippen molar-refractivity contribution in [1.29, 1.82) is 0 Å². The van der Waals surface area contributed by atoms with Crippen LogP contribution < -0.4 is 5.32 Å². The van der Waals surface area contributed by atoms with E-state index >= 15 is 0 Å². The van der Waals surface area contributed by atoms with Gasteiger partial charge in [-0.05, 0) is 12.8 Å². The molecule has 0 bridgehead atoms. The fraction of sp³-hybridized carbons (Fsp3) is 0.833. The van der Waals surface area contributed by atoms with Crippen molar-refractivity contribution in [3.05, 3.63) is 0 Å². The number of carbonyl (C=O) groups excluding carboxylic acids is 1. The molecule has 1 rings (SSSR count). The highest BCUT2D eigenvalue weighted by molar-refractivity contribution is 5.76. The number of hydrogen-bond acceptors (Lipinski definition) is 2. The van der Waals surface area contributed by atoms with Gasteiger partial charge in [0.05, 0.1) is 12.5 Å². The molecule has 0 aromatic carbocycles. The normalized spacial score (nSPS) is 29.0. The van der Waals surface area contributed by atoms with Crippen LogP contribution in [0, 0.1) is 0 Å². The average molecular weight is 128 g/mol. The molecule has 1 saturated heterocycles. The largest absolute Gasteiger partial charge is 0.393 e. The summed E-state index contributed by atoms with van der Waals surface area (Å²) < 4.78 is 0. The first-order valence-corrected chi connectivity index (χ1v) is 3.17. The van der Waals surface area contributed by atoms with E-state index in [4.69, 9.17) is 5.11 Å². The minimum Gasteiger partial charge on any atom is -0.393 e. The van der Waals surface area contributed by atoms with Crippen LogP contribution in [0.25, 0.3) is 0 Å². The van der Waals surface area contributed by atoms with Crippen molar-refractivity contribution in [3.63, 3.8) is 0 Å². The Bertz CT molecular complexity index is 114. The molecule has 0 spiro atoms. The van der Waals surface area contributed by atoms with Crippen LogP contribution in [0.4, 0.5) is 0 Å². The number of aliphatic hydroxyl groups is 1. The minimum atomic E-state index is -0.441. The maximum atomic E-state index is 10.6. The molecule has 1 aliphatic rings. The first kappa shape index (κ1) is 6.55.